The molecule has 164 valence electrons. The van der Waals surface area contributed by atoms with Crippen LogP contribution in [0.3, 0.4) is 0 Å². The summed E-state index contributed by atoms with van der Waals surface area (Å²) in [6.07, 6.45) is 2.66. The van der Waals surface area contributed by atoms with Crippen molar-refractivity contribution in [3.63, 3.8) is 0 Å². The van der Waals surface area contributed by atoms with E-state index in [1.807, 2.05) is 0 Å². The number of sulfone groups is 1. The van der Waals surface area contributed by atoms with Crippen molar-refractivity contribution in [2.24, 2.45) is 0 Å². The number of halogens is 3. The van der Waals surface area contributed by atoms with Gasteiger partial charge in [-0.2, -0.15) is 24.2 Å². The van der Waals surface area contributed by atoms with E-state index < -0.39 is 28.0 Å². The molecule has 3 aromatic rings. The number of ether oxygens (including phenoxy) is 1. The summed E-state index contributed by atoms with van der Waals surface area (Å²) in [6.45, 7) is -0.00974. The Balaban J connectivity index is 2.10. The Hall–Kier alpha value is -1.44. The average Bonchev–Trinajstić information content (AvgIpc) is 3.25. The monoisotopic (exact) mass is 545 g/mol. The van der Waals surface area contributed by atoms with Crippen LogP contribution in [0.15, 0.2) is 22.8 Å². The van der Waals surface area contributed by atoms with Crippen molar-refractivity contribution in [2.75, 3.05) is 18.6 Å². The highest BCUT2D eigenvalue weighted by molar-refractivity contribution is 9.10. The molecule has 0 saturated carbocycles. The minimum Gasteiger partial charge on any atom is -0.492 e. The normalized spacial score (nSPS) is 13.1. The quantitative estimate of drug-likeness (QED) is 0.288. The van der Waals surface area contributed by atoms with Gasteiger partial charge in [0.1, 0.15) is 26.2 Å². The molecule has 0 aliphatic rings. The number of rotatable bonds is 8. The minimum atomic E-state index is -5.78. The lowest BCUT2D eigenvalue weighted by atomic mass is 10.1. The van der Waals surface area contributed by atoms with Crippen LogP contribution in [0.1, 0.15) is 11.3 Å². The van der Waals surface area contributed by atoms with E-state index in [1.165, 1.54) is 18.3 Å². The third-order valence-electron chi connectivity index (χ3n) is 3.96. The van der Waals surface area contributed by atoms with E-state index in [4.69, 9.17) is 14.5 Å². The van der Waals surface area contributed by atoms with Crippen molar-refractivity contribution < 1.29 is 36.3 Å². The zero-order chi connectivity index (χ0) is 22.3. The molecule has 0 amide bonds. The Morgan fingerprint density at radius 2 is 2.07 bits per heavy atom. The topological polar surface area (TPSA) is 142 Å². The maximum atomic E-state index is 14.4. The standard InChI is InChI=1S/C15H15BrF2N3O6PS2/c1-30(25,26)4-2-3-27-11-6-8(10-7-19-21-20-10)5-9-12(16)14(29-13(9)11)15(17,18)28(22,23)24/h5-7H,2-4H2,1H3,(H,19,20,21)(H2,22,23,24). The second kappa shape index (κ2) is 8.24. The third-order valence-corrected chi connectivity index (χ3v) is 8.47. The number of alkyl halides is 2. The molecular formula is C15H15BrF2N3O6PS2. The number of nitrogens with one attached hydrogen (secondary N) is 1. The first kappa shape index (κ1) is 23.2. The average molecular weight is 546 g/mol. The SMILES string of the molecule is CS(=O)(=O)CCCOc1cc(-c2cn[nH]n2)cc2c(Br)c(C(F)(F)P(=O)(O)O)sc12. The Morgan fingerprint density at radius 1 is 1.37 bits per heavy atom. The molecule has 0 aliphatic heterocycles. The highest BCUT2D eigenvalue weighted by Crippen LogP contribution is 2.63. The van der Waals surface area contributed by atoms with Gasteiger partial charge in [0.05, 0.1) is 23.3 Å². The fraction of sp³-hybridized carbons (Fsp3) is 0.333. The molecule has 0 aliphatic carbocycles. The summed E-state index contributed by atoms with van der Waals surface area (Å²) in [5.41, 5.74) is -3.56. The molecule has 2 heterocycles. The highest BCUT2D eigenvalue weighted by Gasteiger charge is 2.53. The van der Waals surface area contributed by atoms with Gasteiger partial charge in [-0.05, 0) is 34.5 Å². The summed E-state index contributed by atoms with van der Waals surface area (Å²) >= 11 is 3.51. The van der Waals surface area contributed by atoms with E-state index >= 15 is 0 Å². The Bertz CT molecular complexity index is 1230. The number of thiophene rings is 1. The van der Waals surface area contributed by atoms with Crippen LogP contribution in [0.5, 0.6) is 5.75 Å². The number of aromatic nitrogens is 3. The van der Waals surface area contributed by atoms with E-state index in [-0.39, 0.29) is 39.1 Å². The lowest BCUT2D eigenvalue weighted by molar-refractivity contribution is 0.0595. The van der Waals surface area contributed by atoms with Gasteiger partial charge in [-0.15, -0.1) is 11.3 Å². The summed E-state index contributed by atoms with van der Waals surface area (Å²) in [4.78, 5) is 17.4. The van der Waals surface area contributed by atoms with Gasteiger partial charge >= 0.3 is 13.3 Å². The molecule has 0 radical (unpaired) electrons. The van der Waals surface area contributed by atoms with Gasteiger partial charge in [-0.1, -0.05) is 0 Å². The predicted octanol–water partition coefficient (Wildman–Crippen LogP) is 3.49. The number of fused-ring (bicyclic) bond motifs is 1. The molecule has 0 unspecified atom stereocenters. The lowest BCUT2D eigenvalue weighted by Crippen LogP contribution is -2.12. The maximum absolute atomic E-state index is 14.4. The van der Waals surface area contributed by atoms with Crippen LogP contribution in [0.4, 0.5) is 8.78 Å². The van der Waals surface area contributed by atoms with Crippen molar-refractivity contribution in [1.82, 2.24) is 15.4 Å². The second-order valence-electron chi connectivity index (χ2n) is 6.37. The molecule has 0 fully saturated rings. The number of hydrogen-bond donors (Lipinski definition) is 3. The van der Waals surface area contributed by atoms with E-state index in [0.29, 0.717) is 22.6 Å². The molecule has 0 saturated heterocycles. The zero-order valence-electron chi connectivity index (χ0n) is 15.2. The number of hydrogen-bond acceptors (Lipinski definition) is 7. The Kier molecular flexibility index (Phi) is 6.38. The molecule has 3 N–H and O–H groups in total. The lowest BCUT2D eigenvalue weighted by Gasteiger charge is -2.16. The third kappa shape index (κ3) is 4.73. The smallest absolute Gasteiger partial charge is 0.400 e. The van der Waals surface area contributed by atoms with Crippen LogP contribution in [-0.2, 0) is 20.1 Å². The number of benzene rings is 1. The van der Waals surface area contributed by atoms with Gasteiger partial charge in [-0.25, -0.2) is 8.42 Å². The van der Waals surface area contributed by atoms with Crippen LogP contribution in [-0.4, -0.2) is 52.2 Å². The van der Waals surface area contributed by atoms with E-state index in [0.717, 1.165) is 6.26 Å². The van der Waals surface area contributed by atoms with Crippen molar-refractivity contribution in [2.45, 2.75) is 12.1 Å². The molecule has 2 aromatic heterocycles. The number of aromatic amines is 1. The molecule has 0 bridgehead atoms. The van der Waals surface area contributed by atoms with Gasteiger partial charge in [0, 0.05) is 21.7 Å². The van der Waals surface area contributed by atoms with Crippen molar-refractivity contribution in [3.05, 3.63) is 27.7 Å². The fourth-order valence-corrected chi connectivity index (χ4v) is 6.18. The first-order valence-electron chi connectivity index (χ1n) is 8.18. The first-order valence-corrected chi connectivity index (χ1v) is 13.5. The molecule has 9 nitrogen and oxygen atoms in total. The van der Waals surface area contributed by atoms with Gasteiger partial charge in [0.2, 0.25) is 0 Å². The summed E-state index contributed by atoms with van der Waals surface area (Å²) < 4.78 is 68.4. The Labute approximate surface area is 181 Å². The van der Waals surface area contributed by atoms with Crippen LogP contribution in [0, 0.1) is 0 Å². The van der Waals surface area contributed by atoms with Crippen molar-refractivity contribution in [1.29, 1.82) is 0 Å². The molecule has 0 atom stereocenters. The molecule has 15 heteroatoms. The summed E-state index contributed by atoms with van der Waals surface area (Å²) in [5, 5.41) is 10.3. The van der Waals surface area contributed by atoms with E-state index in [1.54, 1.807) is 0 Å². The van der Waals surface area contributed by atoms with Crippen LogP contribution in [0.2, 0.25) is 0 Å². The summed E-state index contributed by atoms with van der Waals surface area (Å²) in [5.74, 6) is 0.0341. The molecule has 30 heavy (non-hydrogen) atoms. The van der Waals surface area contributed by atoms with Crippen LogP contribution >= 0.6 is 34.9 Å². The highest BCUT2D eigenvalue weighted by atomic mass is 79.9. The van der Waals surface area contributed by atoms with Crippen molar-refractivity contribution in [3.8, 4) is 17.0 Å². The maximum Gasteiger partial charge on any atom is 0.400 e. The van der Waals surface area contributed by atoms with Gasteiger partial charge in [-0.3, -0.25) is 4.57 Å². The van der Waals surface area contributed by atoms with Crippen molar-refractivity contribution >= 4 is 54.8 Å². The predicted molar refractivity (Wildman–Crippen MR) is 111 cm³/mol. The molecule has 3 rings (SSSR count). The van der Waals surface area contributed by atoms with E-state index in [2.05, 4.69) is 31.3 Å². The second-order valence-corrected chi connectivity index (χ2v) is 12.1. The van der Waals surface area contributed by atoms with E-state index in [9.17, 15) is 21.8 Å². The van der Waals surface area contributed by atoms with Crippen LogP contribution < -0.4 is 4.74 Å². The summed E-state index contributed by atoms with van der Waals surface area (Å²) in [7, 11) is -8.98. The van der Waals surface area contributed by atoms with Crippen LogP contribution in [0.25, 0.3) is 21.3 Å². The molecular weight excluding hydrogens is 531 g/mol. The number of nitrogens with zero attached hydrogens (tertiary/aromatic N) is 2. The Morgan fingerprint density at radius 3 is 2.63 bits per heavy atom. The van der Waals surface area contributed by atoms with Gasteiger partial charge in [0.25, 0.3) is 0 Å². The largest absolute Gasteiger partial charge is 0.492 e. The molecule has 1 aromatic carbocycles. The molecule has 0 spiro atoms. The minimum absolute atomic E-state index is 0.00974. The van der Waals surface area contributed by atoms with Gasteiger partial charge < -0.3 is 14.5 Å². The fourth-order valence-electron chi connectivity index (χ4n) is 2.56. The zero-order valence-corrected chi connectivity index (χ0v) is 19.3. The number of H-pyrrole nitrogens is 1. The summed E-state index contributed by atoms with van der Waals surface area (Å²) in [6, 6.07) is 3.03. The van der Waals surface area contributed by atoms with Gasteiger partial charge in [0.15, 0.2) is 0 Å². The first-order chi connectivity index (χ1) is 13.8.